The average molecular weight is 435 g/mol. The molecule has 6 nitrogen and oxygen atoms in total. The molecule has 1 aliphatic rings. The predicted octanol–water partition coefficient (Wildman–Crippen LogP) is 3.90. The number of nitrogens with zero attached hydrogens (tertiary/aromatic N) is 3. The van der Waals surface area contributed by atoms with Crippen molar-refractivity contribution in [3.63, 3.8) is 0 Å². The van der Waals surface area contributed by atoms with Gasteiger partial charge in [-0.15, -0.1) is 0 Å². The van der Waals surface area contributed by atoms with Gasteiger partial charge in [0.05, 0.1) is 5.75 Å². The minimum atomic E-state index is -0.0540. The second-order valence-electron chi connectivity index (χ2n) is 7.62. The Labute approximate surface area is 186 Å². The Hall–Kier alpha value is -3.06. The van der Waals surface area contributed by atoms with Crippen LogP contribution in [-0.4, -0.2) is 45.1 Å². The summed E-state index contributed by atoms with van der Waals surface area (Å²) in [5.74, 6) is 0.436. The van der Waals surface area contributed by atoms with Crippen LogP contribution in [0.1, 0.15) is 18.4 Å². The van der Waals surface area contributed by atoms with E-state index in [1.807, 2.05) is 59.6 Å². The molecular formula is C24H26N4O2S. The summed E-state index contributed by atoms with van der Waals surface area (Å²) in [6.45, 7) is 1.97. The van der Waals surface area contributed by atoms with Gasteiger partial charge in [0, 0.05) is 43.6 Å². The van der Waals surface area contributed by atoms with E-state index in [4.69, 9.17) is 0 Å². The number of carbonyl (C=O) groups is 2. The quantitative estimate of drug-likeness (QED) is 0.573. The third kappa shape index (κ3) is 5.76. The number of amides is 2. The van der Waals surface area contributed by atoms with Crippen LogP contribution >= 0.6 is 11.8 Å². The van der Waals surface area contributed by atoms with E-state index < -0.39 is 0 Å². The molecule has 3 aromatic rings. The van der Waals surface area contributed by atoms with Crippen molar-refractivity contribution in [1.82, 2.24) is 14.5 Å². The first-order valence-corrected chi connectivity index (χ1v) is 11.5. The van der Waals surface area contributed by atoms with Crippen LogP contribution in [0.25, 0.3) is 0 Å². The van der Waals surface area contributed by atoms with Crippen LogP contribution in [-0.2, 0) is 16.1 Å². The van der Waals surface area contributed by atoms with Gasteiger partial charge in [0.1, 0.15) is 0 Å². The molecule has 2 heterocycles. The number of nitrogens with one attached hydrogen (secondary N) is 1. The van der Waals surface area contributed by atoms with Gasteiger partial charge in [0.15, 0.2) is 5.16 Å². The maximum Gasteiger partial charge on any atom is 0.233 e. The Kier molecular flexibility index (Phi) is 7.04. The van der Waals surface area contributed by atoms with Crippen molar-refractivity contribution in [2.75, 3.05) is 24.2 Å². The zero-order chi connectivity index (χ0) is 21.5. The highest BCUT2D eigenvalue weighted by Gasteiger charge is 2.27. The summed E-state index contributed by atoms with van der Waals surface area (Å²) in [6.07, 6.45) is 5.10. The predicted molar refractivity (Wildman–Crippen MR) is 123 cm³/mol. The molecule has 0 aliphatic carbocycles. The first-order chi connectivity index (χ1) is 15.2. The van der Waals surface area contributed by atoms with Gasteiger partial charge in [-0.05, 0) is 30.5 Å². The molecule has 2 aromatic carbocycles. The molecule has 1 N–H and O–H groups in total. The number of hydrogen-bond donors (Lipinski definition) is 1. The zero-order valence-electron chi connectivity index (χ0n) is 17.3. The molecule has 0 radical (unpaired) electrons. The summed E-state index contributed by atoms with van der Waals surface area (Å²) in [5.41, 5.74) is 2.01. The SMILES string of the molecule is O=C(Nc1ccccc1)C1CCN(C(=O)CSc2nccn2Cc2ccccc2)CC1. The molecule has 0 spiro atoms. The molecule has 31 heavy (non-hydrogen) atoms. The number of para-hydroxylation sites is 1. The van der Waals surface area contributed by atoms with Gasteiger partial charge >= 0.3 is 0 Å². The van der Waals surface area contributed by atoms with Gasteiger partial charge < -0.3 is 14.8 Å². The van der Waals surface area contributed by atoms with Gasteiger partial charge in [-0.2, -0.15) is 0 Å². The highest BCUT2D eigenvalue weighted by Crippen LogP contribution is 2.22. The number of piperidine rings is 1. The second kappa shape index (κ2) is 10.3. The van der Waals surface area contributed by atoms with Gasteiger partial charge in [-0.3, -0.25) is 9.59 Å². The average Bonchev–Trinajstić information content (AvgIpc) is 3.25. The van der Waals surface area contributed by atoms with Gasteiger partial charge in [-0.1, -0.05) is 60.3 Å². The van der Waals surface area contributed by atoms with Crippen molar-refractivity contribution in [1.29, 1.82) is 0 Å². The lowest BCUT2D eigenvalue weighted by Gasteiger charge is -2.31. The molecule has 1 aromatic heterocycles. The molecule has 7 heteroatoms. The molecule has 0 atom stereocenters. The molecule has 1 fully saturated rings. The molecule has 0 unspecified atom stereocenters. The van der Waals surface area contributed by atoms with E-state index in [1.54, 1.807) is 6.20 Å². The van der Waals surface area contributed by atoms with Crippen LogP contribution in [0.2, 0.25) is 0 Å². The molecule has 0 bridgehead atoms. The van der Waals surface area contributed by atoms with Gasteiger partial charge in [0.2, 0.25) is 11.8 Å². The van der Waals surface area contributed by atoms with Crippen molar-refractivity contribution in [3.8, 4) is 0 Å². The Morgan fingerprint density at radius 3 is 2.39 bits per heavy atom. The molecule has 2 amide bonds. The fourth-order valence-corrected chi connectivity index (χ4v) is 4.57. The van der Waals surface area contributed by atoms with Crippen LogP contribution in [0.3, 0.4) is 0 Å². The lowest BCUT2D eigenvalue weighted by Crippen LogP contribution is -2.42. The van der Waals surface area contributed by atoms with E-state index in [9.17, 15) is 9.59 Å². The maximum absolute atomic E-state index is 12.7. The highest BCUT2D eigenvalue weighted by atomic mass is 32.2. The van der Waals surface area contributed by atoms with Crippen molar-refractivity contribution >= 4 is 29.3 Å². The summed E-state index contributed by atoms with van der Waals surface area (Å²) >= 11 is 1.46. The van der Waals surface area contributed by atoms with E-state index in [-0.39, 0.29) is 17.7 Å². The summed E-state index contributed by atoms with van der Waals surface area (Å²) in [6, 6.07) is 19.7. The minimum Gasteiger partial charge on any atom is -0.342 e. The molecule has 160 valence electrons. The third-order valence-electron chi connectivity index (χ3n) is 5.46. The van der Waals surface area contributed by atoms with Crippen LogP contribution in [0.5, 0.6) is 0 Å². The number of carbonyl (C=O) groups excluding carboxylic acids is 2. The number of rotatable bonds is 7. The molecule has 4 rings (SSSR count). The number of thioether (sulfide) groups is 1. The standard InChI is InChI=1S/C24H26N4O2S/c29-22(18-31-24-25-13-16-28(24)17-19-7-3-1-4-8-19)27-14-11-20(12-15-27)23(30)26-21-9-5-2-6-10-21/h1-10,13,16,20H,11-12,14-15,17-18H2,(H,26,30). The van der Waals surface area contributed by atoms with Gasteiger partial charge in [0.25, 0.3) is 0 Å². The van der Waals surface area contributed by atoms with Crippen molar-refractivity contribution in [2.45, 2.75) is 24.5 Å². The molecular weight excluding hydrogens is 408 g/mol. The largest absolute Gasteiger partial charge is 0.342 e. The van der Waals surface area contributed by atoms with Crippen LogP contribution in [0.15, 0.2) is 78.2 Å². The zero-order valence-corrected chi connectivity index (χ0v) is 18.1. The number of benzene rings is 2. The second-order valence-corrected chi connectivity index (χ2v) is 8.56. The summed E-state index contributed by atoms with van der Waals surface area (Å²) in [7, 11) is 0. The van der Waals surface area contributed by atoms with E-state index >= 15 is 0 Å². The molecule has 1 aliphatic heterocycles. The van der Waals surface area contributed by atoms with Crippen LogP contribution in [0, 0.1) is 5.92 Å². The van der Waals surface area contributed by atoms with Crippen molar-refractivity contribution in [3.05, 3.63) is 78.6 Å². The van der Waals surface area contributed by atoms with Gasteiger partial charge in [-0.25, -0.2) is 4.98 Å². The minimum absolute atomic E-state index is 0.0376. The van der Waals surface area contributed by atoms with Crippen molar-refractivity contribution in [2.24, 2.45) is 5.92 Å². The summed E-state index contributed by atoms with van der Waals surface area (Å²) in [4.78, 5) is 31.5. The fourth-order valence-electron chi connectivity index (χ4n) is 3.71. The highest BCUT2D eigenvalue weighted by molar-refractivity contribution is 7.99. The first kappa shape index (κ1) is 21.2. The lowest BCUT2D eigenvalue weighted by atomic mass is 9.96. The Morgan fingerprint density at radius 1 is 1.00 bits per heavy atom. The smallest absolute Gasteiger partial charge is 0.233 e. The maximum atomic E-state index is 12.7. The first-order valence-electron chi connectivity index (χ1n) is 10.5. The molecule has 1 saturated heterocycles. The number of anilines is 1. The van der Waals surface area contributed by atoms with E-state index in [1.165, 1.54) is 17.3 Å². The monoisotopic (exact) mass is 434 g/mol. The van der Waals surface area contributed by atoms with Crippen molar-refractivity contribution < 1.29 is 9.59 Å². The Bertz CT molecular complexity index is 999. The fraction of sp³-hybridized carbons (Fsp3) is 0.292. The summed E-state index contributed by atoms with van der Waals surface area (Å²) in [5, 5.41) is 3.81. The van der Waals surface area contributed by atoms with Crippen LogP contribution < -0.4 is 5.32 Å². The third-order valence-corrected chi connectivity index (χ3v) is 6.45. The Balaban J connectivity index is 1.24. The number of likely N-dealkylation sites (tertiary alicyclic amines) is 1. The van der Waals surface area contributed by atoms with E-state index in [2.05, 4.69) is 27.0 Å². The summed E-state index contributed by atoms with van der Waals surface area (Å²) < 4.78 is 2.06. The Morgan fingerprint density at radius 2 is 1.68 bits per heavy atom. The van der Waals surface area contributed by atoms with E-state index in [0.29, 0.717) is 31.7 Å². The van der Waals surface area contributed by atoms with Crippen LogP contribution in [0.4, 0.5) is 5.69 Å². The number of hydrogen-bond acceptors (Lipinski definition) is 4. The normalized spacial score (nSPS) is 14.4. The molecule has 0 saturated carbocycles. The van der Waals surface area contributed by atoms with E-state index in [0.717, 1.165) is 17.4 Å². The number of imidazole rings is 1. The lowest BCUT2D eigenvalue weighted by molar-refractivity contribution is -0.132. The topological polar surface area (TPSA) is 67.2 Å². The number of aromatic nitrogens is 2.